The number of nitrogens with one attached hydrogen (secondary N) is 2. The van der Waals surface area contributed by atoms with E-state index in [1.165, 1.54) is 22.8 Å². The first-order valence-corrected chi connectivity index (χ1v) is 9.42. The molecule has 0 aromatic heterocycles. The third-order valence-electron chi connectivity index (χ3n) is 4.67. The monoisotopic (exact) mass is 335 g/mol. The zero-order valence-electron chi connectivity index (χ0n) is 13.6. The van der Waals surface area contributed by atoms with Crippen LogP contribution in [0.4, 0.5) is 16.2 Å². The molecule has 3 N–H and O–H groups in total. The molecule has 1 aliphatic heterocycles. The number of aliphatic hydroxyl groups is 1. The van der Waals surface area contributed by atoms with Crippen LogP contribution < -0.4 is 15.5 Å². The number of carbonyl (C=O) groups excluding carboxylic acids is 1. The van der Waals surface area contributed by atoms with Crippen molar-refractivity contribution in [2.24, 2.45) is 0 Å². The van der Waals surface area contributed by atoms with Gasteiger partial charge in [0.2, 0.25) is 0 Å². The molecule has 5 nitrogen and oxygen atoms in total. The van der Waals surface area contributed by atoms with Gasteiger partial charge in [0.05, 0.1) is 5.60 Å². The molecule has 1 saturated carbocycles. The van der Waals surface area contributed by atoms with Gasteiger partial charge in [-0.25, -0.2) is 4.79 Å². The summed E-state index contributed by atoms with van der Waals surface area (Å²) < 4.78 is 0. The fourth-order valence-electron chi connectivity index (χ4n) is 3.07. The number of thioether (sulfide) groups is 1. The number of hydrogen-bond donors (Lipinski definition) is 3. The molecule has 3 rings (SSSR count). The molecule has 2 fully saturated rings. The SMILES string of the molecule is Cc1cc(NC(=O)NCC2(O)CCC2)ccc1N1CCSCC1. The molecule has 2 aliphatic rings. The van der Waals surface area contributed by atoms with Gasteiger partial charge < -0.3 is 20.6 Å². The summed E-state index contributed by atoms with van der Waals surface area (Å²) in [6.45, 7) is 4.56. The average Bonchev–Trinajstić information content (AvgIpc) is 2.52. The molecule has 1 saturated heterocycles. The van der Waals surface area contributed by atoms with E-state index in [-0.39, 0.29) is 6.03 Å². The van der Waals surface area contributed by atoms with Gasteiger partial charge in [-0.3, -0.25) is 0 Å². The minimum atomic E-state index is -0.691. The molecular formula is C17H25N3O2S. The maximum atomic E-state index is 12.0. The zero-order chi connectivity index (χ0) is 16.3. The minimum Gasteiger partial charge on any atom is -0.388 e. The first kappa shape index (κ1) is 16.5. The Labute approximate surface area is 141 Å². The standard InChI is InChI=1S/C17H25N3O2S/c1-13-11-14(3-4-15(13)20-7-9-23-10-8-20)19-16(21)18-12-17(22)5-2-6-17/h3-4,11,22H,2,5-10,12H2,1H3,(H2,18,19,21). The van der Waals surface area contributed by atoms with E-state index in [1.807, 2.05) is 23.9 Å². The van der Waals surface area contributed by atoms with Crippen molar-refractivity contribution < 1.29 is 9.90 Å². The van der Waals surface area contributed by atoms with Crippen molar-refractivity contribution in [1.29, 1.82) is 0 Å². The summed E-state index contributed by atoms with van der Waals surface area (Å²) in [7, 11) is 0. The van der Waals surface area contributed by atoms with Crippen molar-refractivity contribution in [3.63, 3.8) is 0 Å². The molecule has 0 radical (unpaired) electrons. The van der Waals surface area contributed by atoms with E-state index in [2.05, 4.69) is 28.5 Å². The van der Waals surface area contributed by atoms with Crippen LogP contribution in [0.2, 0.25) is 0 Å². The number of nitrogens with zero attached hydrogens (tertiary/aromatic N) is 1. The van der Waals surface area contributed by atoms with Crippen LogP contribution in [0.5, 0.6) is 0 Å². The summed E-state index contributed by atoms with van der Waals surface area (Å²) in [5.74, 6) is 2.34. The topological polar surface area (TPSA) is 64.6 Å². The van der Waals surface area contributed by atoms with Gasteiger partial charge in [-0.2, -0.15) is 11.8 Å². The summed E-state index contributed by atoms with van der Waals surface area (Å²) in [6.07, 6.45) is 2.58. The highest BCUT2D eigenvalue weighted by molar-refractivity contribution is 7.99. The Kier molecular flexibility index (Phi) is 5.02. The maximum absolute atomic E-state index is 12.0. The van der Waals surface area contributed by atoms with Gasteiger partial charge in [-0.1, -0.05) is 0 Å². The molecule has 1 aromatic carbocycles. The van der Waals surface area contributed by atoms with E-state index < -0.39 is 5.60 Å². The molecule has 1 heterocycles. The van der Waals surface area contributed by atoms with Crippen LogP contribution in [0.1, 0.15) is 24.8 Å². The molecule has 1 aliphatic carbocycles. The maximum Gasteiger partial charge on any atom is 0.319 e. The lowest BCUT2D eigenvalue weighted by Gasteiger charge is -2.36. The summed E-state index contributed by atoms with van der Waals surface area (Å²) in [5.41, 5.74) is 2.52. The summed E-state index contributed by atoms with van der Waals surface area (Å²) in [4.78, 5) is 14.4. The van der Waals surface area contributed by atoms with Crippen LogP contribution in [0.15, 0.2) is 18.2 Å². The smallest absolute Gasteiger partial charge is 0.319 e. The van der Waals surface area contributed by atoms with Gasteiger partial charge in [0, 0.05) is 42.5 Å². The van der Waals surface area contributed by atoms with Gasteiger partial charge in [-0.15, -0.1) is 0 Å². The van der Waals surface area contributed by atoms with Crippen LogP contribution in [0, 0.1) is 6.92 Å². The van der Waals surface area contributed by atoms with E-state index in [0.29, 0.717) is 6.54 Å². The molecule has 6 heteroatoms. The quantitative estimate of drug-likeness (QED) is 0.791. The third kappa shape index (κ3) is 4.12. The van der Waals surface area contributed by atoms with Gasteiger partial charge in [0.25, 0.3) is 0 Å². The normalized spacial score (nSPS) is 19.8. The van der Waals surface area contributed by atoms with Crippen molar-refractivity contribution in [2.45, 2.75) is 31.8 Å². The number of rotatable bonds is 4. The number of amides is 2. The highest BCUT2D eigenvalue weighted by Crippen LogP contribution is 2.30. The van der Waals surface area contributed by atoms with Crippen LogP contribution in [-0.4, -0.2) is 47.9 Å². The van der Waals surface area contributed by atoms with Crippen LogP contribution >= 0.6 is 11.8 Å². The summed E-state index contributed by atoms with van der Waals surface area (Å²) >= 11 is 2.00. The third-order valence-corrected chi connectivity index (χ3v) is 5.61. The largest absolute Gasteiger partial charge is 0.388 e. The Morgan fingerprint density at radius 1 is 1.35 bits per heavy atom. The van der Waals surface area contributed by atoms with Crippen molar-refractivity contribution in [3.8, 4) is 0 Å². The number of carbonyl (C=O) groups is 1. The predicted octanol–water partition coefficient (Wildman–Crippen LogP) is 2.58. The van der Waals surface area contributed by atoms with Crippen molar-refractivity contribution in [3.05, 3.63) is 23.8 Å². The number of hydrogen-bond acceptors (Lipinski definition) is 4. The van der Waals surface area contributed by atoms with E-state index in [0.717, 1.165) is 38.0 Å². The molecule has 23 heavy (non-hydrogen) atoms. The zero-order valence-corrected chi connectivity index (χ0v) is 14.4. The van der Waals surface area contributed by atoms with E-state index >= 15 is 0 Å². The lowest BCUT2D eigenvalue weighted by molar-refractivity contribution is -0.0287. The van der Waals surface area contributed by atoms with Crippen LogP contribution in [0.3, 0.4) is 0 Å². The van der Waals surface area contributed by atoms with Crippen molar-refractivity contribution in [2.75, 3.05) is 41.4 Å². The second kappa shape index (κ2) is 7.01. The predicted molar refractivity (Wildman–Crippen MR) is 96.5 cm³/mol. The van der Waals surface area contributed by atoms with E-state index in [9.17, 15) is 9.90 Å². The van der Waals surface area contributed by atoms with E-state index in [4.69, 9.17) is 0 Å². The summed E-state index contributed by atoms with van der Waals surface area (Å²) in [5, 5.41) is 15.6. The Morgan fingerprint density at radius 2 is 2.09 bits per heavy atom. The number of aryl methyl sites for hydroxylation is 1. The molecule has 126 valence electrons. The summed E-state index contributed by atoms with van der Waals surface area (Å²) in [6, 6.07) is 5.78. The number of benzene rings is 1. The van der Waals surface area contributed by atoms with E-state index in [1.54, 1.807) is 0 Å². The molecular weight excluding hydrogens is 310 g/mol. The molecule has 2 amide bonds. The molecule has 0 bridgehead atoms. The fraction of sp³-hybridized carbons (Fsp3) is 0.588. The second-order valence-electron chi connectivity index (χ2n) is 6.49. The minimum absolute atomic E-state index is 0.258. The highest BCUT2D eigenvalue weighted by Gasteiger charge is 2.34. The van der Waals surface area contributed by atoms with Crippen LogP contribution in [0.25, 0.3) is 0 Å². The molecule has 1 aromatic rings. The lowest BCUT2D eigenvalue weighted by atomic mass is 9.80. The Hall–Kier alpha value is -1.40. The van der Waals surface area contributed by atoms with Crippen LogP contribution in [-0.2, 0) is 0 Å². The molecule has 0 atom stereocenters. The first-order valence-electron chi connectivity index (χ1n) is 8.26. The van der Waals surface area contributed by atoms with Crippen molar-refractivity contribution >= 4 is 29.2 Å². The fourth-order valence-corrected chi connectivity index (χ4v) is 3.98. The number of anilines is 2. The van der Waals surface area contributed by atoms with Gasteiger partial charge in [0.1, 0.15) is 0 Å². The Bertz CT molecular complexity index is 569. The van der Waals surface area contributed by atoms with Crippen molar-refractivity contribution in [1.82, 2.24) is 5.32 Å². The molecule has 0 spiro atoms. The Morgan fingerprint density at radius 3 is 2.70 bits per heavy atom. The second-order valence-corrected chi connectivity index (χ2v) is 7.71. The molecule has 0 unspecified atom stereocenters. The number of urea groups is 1. The first-order chi connectivity index (χ1) is 11.1. The lowest BCUT2D eigenvalue weighted by Crippen LogP contribution is -2.48. The van der Waals surface area contributed by atoms with Gasteiger partial charge in [-0.05, 0) is 49.9 Å². The van der Waals surface area contributed by atoms with Gasteiger partial charge >= 0.3 is 6.03 Å². The van der Waals surface area contributed by atoms with Gasteiger partial charge in [0.15, 0.2) is 0 Å². The highest BCUT2D eigenvalue weighted by atomic mass is 32.2. The average molecular weight is 335 g/mol. The Balaban J connectivity index is 1.55.